The summed E-state index contributed by atoms with van der Waals surface area (Å²) >= 11 is 0. The van der Waals surface area contributed by atoms with Crippen molar-refractivity contribution in [3.8, 4) is 0 Å². The highest BCUT2D eigenvalue weighted by molar-refractivity contribution is 5.95. The van der Waals surface area contributed by atoms with E-state index in [4.69, 9.17) is 4.74 Å². The van der Waals surface area contributed by atoms with Crippen LogP contribution in [-0.2, 0) is 4.74 Å². The molecule has 1 aliphatic rings. The topological polar surface area (TPSA) is 29.5 Å². The Kier molecular flexibility index (Phi) is 5.88. The lowest BCUT2D eigenvalue weighted by Crippen LogP contribution is -2.48. The van der Waals surface area contributed by atoms with Gasteiger partial charge in [-0.3, -0.25) is 9.69 Å². The van der Waals surface area contributed by atoms with Crippen LogP contribution in [0.25, 0.3) is 0 Å². The molecule has 0 amide bonds. The first-order chi connectivity index (χ1) is 10.1. The van der Waals surface area contributed by atoms with Gasteiger partial charge in [-0.15, -0.1) is 0 Å². The molecule has 0 radical (unpaired) electrons. The Labute approximate surface area is 126 Å². The fraction of sp³-hybridized carbons (Fsp3) is 0.588. The molecule has 1 saturated heterocycles. The molecule has 1 aromatic rings. The van der Waals surface area contributed by atoms with E-state index in [9.17, 15) is 9.18 Å². The number of halogens is 1. The molecule has 1 aliphatic heterocycles. The summed E-state index contributed by atoms with van der Waals surface area (Å²) in [5.41, 5.74) is 0.596. The molecule has 1 fully saturated rings. The standard InChI is InChI=1S/C17H24FNO2/c1-3-16-12-21-13(2)11-19(16)10-4-5-17(20)14-6-8-15(18)9-7-14/h6-9,13,16H,3-5,10-12H2,1-2H3. The fourth-order valence-electron chi connectivity index (χ4n) is 2.79. The van der Waals surface area contributed by atoms with Crippen LogP contribution in [0.15, 0.2) is 24.3 Å². The van der Waals surface area contributed by atoms with Gasteiger partial charge in [0.25, 0.3) is 0 Å². The number of nitrogens with zero attached hydrogens (tertiary/aromatic N) is 1. The van der Waals surface area contributed by atoms with Gasteiger partial charge in [-0.2, -0.15) is 0 Å². The average Bonchev–Trinajstić information content (AvgIpc) is 2.48. The zero-order chi connectivity index (χ0) is 15.2. The highest BCUT2D eigenvalue weighted by atomic mass is 19.1. The van der Waals surface area contributed by atoms with Gasteiger partial charge < -0.3 is 4.74 Å². The molecule has 4 heteroatoms. The smallest absolute Gasteiger partial charge is 0.162 e. The average molecular weight is 293 g/mol. The zero-order valence-corrected chi connectivity index (χ0v) is 12.8. The lowest BCUT2D eigenvalue weighted by Gasteiger charge is -2.38. The molecule has 2 rings (SSSR count). The van der Waals surface area contributed by atoms with Crippen LogP contribution in [0.3, 0.4) is 0 Å². The molecule has 1 aromatic carbocycles. The van der Waals surface area contributed by atoms with Gasteiger partial charge in [0.15, 0.2) is 5.78 Å². The van der Waals surface area contributed by atoms with E-state index in [0.717, 1.165) is 32.5 Å². The van der Waals surface area contributed by atoms with E-state index in [1.54, 1.807) is 12.1 Å². The molecule has 1 heterocycles. The van der Waals surface area contributed by atoms with Gasteiger partial charge >= 0.3 is 0 Å². The number of hydrogen-bond donors (Lipinski definition) is 0. The number of morpholine rings is 1. The van der Waals surface area contributed by atoms with Crippen LogP contribution in [-0.4, -0.2) is 42.5 Å². The summed E-state index contributed by atoms with van der Waals surface area (Å²) in [4.78, 5) is 14.5. The van der Waals surface area contributed by atoms with Crippen molar-refractivity contribution in [3.05, 3.63) is 35.6 Å². The summed E-state index contributed by atoms with van der Waals surface area (Å²) < 4.78 is 18.5. The van der Waals surface area contributed by atoms with Crippen LogP contribution >= 0.6 is 0 Å². The van der Waals surface area contributed by atoms with E-state index in [1.807, 2.05) is 0 Å². The van der Waals surface area contributed by atoms with Gasteiger partial charge in [0.05, 0.1) is 12.7 Å². The molecule has 0 aromatic heterocycles. The molecule has 0 bridgehead atoms. The highest BCUT2D eigenvalue weighted by Crippen LogP contribution is 2.16. The first-order valence-corrected chi connectivity index (χ1v) is 7.74. The molecule has 2 atom stereocenters. The Morgan fingerprint density at radius 1 is 1.38 bits per heavy atom. The van der Waals surface area contributed by atoms with Crippen molar-refractivity contribution in [1.29, 1.82) is 0 Å². The quantitative estimate of drug-likeness (QED) is 0.754. The number of hydrogen-bond acceptors (Lipinski definition) is 3. The number of carbonyl (C=O) groups excluding carboxylic acids is 1. The molecule has 0 N–H and O–H groups in total. The Balaban J connectivity index is 1.80. The summed E-state index contributed by atoms with van der Waals surface area (Å²) in [5, 5.41) is 0. The summed E-state index contributed by atoms with van der Waals surface area (Å²) in [6, 6.07) is 6.25. The van der Waals surface area contributed by atoms with Gasteiger partial charge in [0.1, 0.15) is 5.82 Å². The first kappa shape index (κ1) is 16.1. The Morgan fingerprint density at radius 2 is 2.10 bits per heavy atom. The lowest BCUT2D eigenvalue weighted by molar-refractivity contribution is -0.0559. The number of ether oxygens (including phenoxy) is 1. The number of ketones is 1. The van der Waals surface area contributed by atoms with Crippen LogP contribution in [0.4, 0.5) is 4.39 Å². The summed E-state index contributed by atoms with van der Waals surface area (Å²) in [6.45, 7) is 6.88. The van der Waals surface area contributed by atoms with Crippen LogP contribution in [0, 0.1) is 5.82 Å². The summed E-state index contributed by atoms with van der Waals surface area (Å²) in [5.74, 6) is -0.219. The third kappa shape index (κ3) is 4.61. The number of carbonyl (C=O) groups is 1. The Morgan fingerprint density at radius 3 is 2.76 bits per heavy atom. The number of benzene rings is 1. The largest absolute Gasteiger partial charge is 0.376 e. The van der Waals surface area contributed by atoms with Gasteiger partial charge in [0.2, 0.25) is 0 Å². The molecular weight excluding hydrogens is 269 g/mol. The molecule has 21 heavy (non-hydrogen) atoms. The summed E-state index contributed by atoms with van der Waals surface area (Å²) in [6.07, 6.45) is 2.67. The third-order valence-corrected chi connectivity index (χ3v) is 4.07. The van der Waals surface area contributed by atoms with Gasteiger partial charge in [-0.25, -0.2) is 4.39 Å². The van der Waals surface area contributed by atoms with Crippen LogP contribution in [0.5, 0.6) is 0 Å². The van der Waals surface area contributed by atoms with Gasteiger partial charge in [-0.05, 0) is 50.6 Å². The molecule has 2 unspecified atom stereocenters. The monoisotopic (exact) mass is 293 g/mol. The molecular formula is C17H24FNO2. The Bertz CT molecular complexity index is 460. The van der Waals surface area contributed by atoms with E-state index in [1.165, 1.54) is 12.1 Å². The molecule has 0 spiro atoms. The van der Waals surface area contributed by atoms with Crippen molar-refractivity contribution in [2.45, 2.75) is 45.3 Å². The molecule has 3 nitrogen and oxygen atoms in total. The molecule has 116 valence electrons. The van der Waals surface area contributed by atoms with E-state index in [-0.39, 0.29) is 17.7 Å². The Hall–Kier alpha value is -1.26. The van der Waals surface area contributed by atoms with E-state index < -0.39 is 0 Å². The van der Waals surface area contributed by atoms with Crippen molar-refractivity contribution < 1.29 is 13.9 Å². The maximum atomic E-state index is 12.8. The second-order valence-corrected chi connectivity index (χ2v) is 5.73. The maximum Gasteiger partial charge on any atom is 0.162 e. The normalized spacial score (nSPS) is 23.2. The predicted molar refractivity (Wildman–Crippen MR) is 81.0 cm³/mol. The SMILES string of the molecule is CCC1COC(C)CN1CCCC(=O)c1ccc(F)cc1. The minimum absolute atomic E-state index is 0.0874. The van der Waals surface area contributed by atoms with E-state index in [0.29, 0.717) is 18.0 Å². The van der Waals surface area contributed by atoms with E-state index in [2.05, 4.69) is 18.7 Å². The molecule has 0 aliphatic carbocycles. The van der Waals surface area contributed by atoms with Gasteiger partial charge in [-0.1, -0.05) is 6.92 Å². The highest BCUT2D eigenvalue weighted by Gasteiger charge is 2.25. The van der Waals surface area contributed by atoms with Crippen molar-refractivity contribution in [2.75, 3.05) is 19.7 Å². The zero-order valence-electron chi connectivity index (χ0n) is 12.8. The van der Waals surface area contributed by atoms with Crippen molar-refractivity contribution in [3.63, 3.8) is 0 Å². The predicted octanol–water partition coefficient (Wildman–Crippen LogP) is 3.29. The van der Waals surface area contributed by atoms with Crippen molar-refractivity contribution in [1.82, 2.24) is 4.90 Å². The fourth-order valence-corrected chi connectivity index (χ4v) is 2.79. The van der Waals surface area contributed by atoms with E-state index >= 15 is 0 Å². The van der Waals surface area contributed by atoms with Crippen LogP contribution in [0.2, 0.25) is 0 Å². The van der Waals surface area contributed by atoms with Crippen LogP contribution < -0.4 is 0 Å². The minimum Gasteiger partial charge on any atom is -0.376 e. The number of Topliss-reactive ketones (excluding diaryl/α,β-unsaturated/α-hetero) is 1. The van der Waals surface area contributed by atoms with Gasteiger partial charge in [0, 0.05) is 24.6 Å². The third-order valence-electron chi connectivity index (χ3n) is 4.07. The minimum atomic E-state index is -0.306. The van der Waals surface area contributed by atoms with Crippen molar-refractivity contribution >= 4 is 5.78 Å². The summed E-state index contributed by atoms with van der Waals surface area (Å²) in [7, 11) is 0. The number of rotatable bonds is 6. The maximum absolute atomic E-state index is 12.8. The first-order valence-electron chi connectivity index (χ1n) is 7.74. The van der Waals surface area contributed by atoms with Crippen LogP contribution in [0.1, 0.15) is 43.5 Å². The second kappa shape index (κ2) is 7.66. The second-order valence-electron chi connectivity index (χ2n) is 5.73. The lowest BCUT2D eigenvalue weighted by atomic mass is 10.1. The molecule has 0 saturated carbocycles. The van der Waals surface area contributed by atoms with Crippen molar-refractivity contribution in [2.24, 2.45) is 0 Å².